The van der Waals surface area contributed by atoms with Crippen molar-refractivity contribution < 1.29 is 0 Å². The van der Waals surface area contributed by atoms with Crippen LogP contribution in [0.25, 0.3) is 0 Å². The van der Waals surface area contributed by atoms with Crippen molar-refractivity contribution >= 4 is 0 Å². The van der Waals surface area contributed by atoms with E-state index in [0.29, 0.717) is 0 Å². The predicted octanol–water partition coefficient (Wildman–Crippen LogP) is 5.13. The Labute approximate surface area is 91.5 Å². The van der Waals surface area contributed by atoms with Crippen LogP contribution in [0.2, 0.25) is 0 Å². The van der Waals surface area contributed by atoms with Crippen LogP contribution in [0.4, 0.5) is 0 Å². The second-order valence-electron chi connectivity index (χ2n) is 5.44. The van der Waals surface area contributed by atoms with Gasteiger partial charge < -0.3 is 0 Å². The molecule has 0 aromatic heterocycles. The van der Waals surface area contributed by atoms with Crippen molar-refractivity contribution in [3.05, 3.63) is 0 Å². The van der Waals surface area contributed by atoms with E-state index < -0.39 is 0 Å². The summed E-state index contributed by atoms with van der Waals surface area (Å²) in [4.78, 5) is 0. The van der Waals surface area contributed by atoms with Gasteiger partial charge in [0.15, 0.2) is 0 Å². The highest BCUT2D eigenvalue weighted by Crippen LogP contribution is 2.32. The molecule has 0 bridgehead atoms. The van der Waals surface area contributed by atoms with Gasteiger partial charge in [0.25, 0.3) is 0 Å². The van der Waals surface area contributed by atoms with E-state index >= 15 is 0 Å². The van der Waals surface area contributed by atoms with Gasteiger partial charge in [-0.2, -0.15) is 0 Å². The maximum absolute atomic E-state index is 2.45. The lowest BCUT2D eigenvalue weighted by atomic mass is 9.75. The SMILES string of the molecule is CCCC(C)C(CC(C)C)C(C)CC. The summed E-state index contributed by atoms with van der Waals surface area (Å²) in [6, 6.07) is 0. The predicted molar refractivity (Wildman–Crippen MR) is 66.5 cm³/mol. The molecule has 0 aliphatic carbocycles. The standard InChI is InChI=1S/C14H30/c1-7-9-13(6)14(10-11(3)4)12(5)8-2/h11-14H,7-10H2,1-6H3. The average Bonchev–Trinajstić information content (AvgIpc) is 2.13. The van der Waals surface area contributed by atoms with Gasteiger partial charge in [0.05, 0.1) is 0 Å². The molecule has 0 spiro atoms. The van der Waals surface area contributed by atoms with Crippen molar-refractivity contribution in [2.24, 2.45) is 23.7 Å². The van der Waals surface area contributed by atoms with Crippen LogP contribution in [0.15, 0.2) is 0 Å². The third-order valence-corrected chi connectivity index (χ3v) is 3.59. The van der Waals surface area contributed by atoms with E-state index in [1.54, 1.807) is 0 Å². The van der Waals surface area contributed by atoms with Crippen LogP contribution < -0.4 is 0 Å². The molecule has 0 heterocycles. The second kappa shape index (κ2) is 7.31. The third-order valence-electron chi connectivity index (χ3n) is 3.59. The Kier molecular flexibility index (Phi) is 7.31. The van der Waals surface area contributed by atoms with Gasteiger partial charge in [-0.3, -0.25) is 0 Å². The lowest BCUT2D eigenvalue weighted by Crippen LogP contribution is -2.21. The van der Waals surface area contributed by atoms with E-state index in [2.05, 4.69) is 41.5 Å². The zero-order chi connectivity index (χ0) is 11.1. The second-order valence-corrected chi connectivity index (χ2v) is 5.44. The molecule has 0 saturated carbocycles. The zero-order valence-corrected chi connectivity index (χ0v) is 11.1. The van der Waals surface area contributed by atoms with Crippen LogP contribution in [0, 0.1) is 23.7 Å². The van der Waals surface area contributed by atoms with E-state index in [1.165, 1.54) is 25.7 Å². The van der Waals surface area contributed by atoms with Crippen LogP contribution >= 0.6 is 0 Å². The maximum atomic E-state index is 2.45. The quantitative estimate of drug-likeness (QED) is 0.532. The molecule has 86 valence electrons. The van der Waals surface area contributed by atoms with Gasteiger partial charge in [-0.1, -0.05) is 60.8 Å². The van der Waals surface area contributed by atoms with Crippen molar-refractivity contribution in [2.45, 2.75) is 67.2 Å². The van der Waals surface area contributed by atoms with Crippen molar-refractivity contribution in [3.8, 4) is 0 Å². The van der Waals surface area contributed by atoms with Crippen LogP contribution in [0.3, 0.4) is 0 Å². The lowest BCUT2D eigenvalue weighted by Gasteiger charge is -2.30. The summed E-state index contributed by atoms with van der Waals surface area (Å²) < 4.78 is 0. The highest BCUT2D eigenvalue weighted by molar-refractivity contribution is 4.72. The molecule has 0 N–H and O–H groups in total. The Morgan fingerprint density at radius 3 is 1.79 bits per heavy atom. The molecule has 0 radical (unpaired) electrons. The minimum atomic E-state index is 0.855. The van der Waals surface area contributed by atoms with E-state index in [4.69, 9.17) is 0 Å². The topological polar surface area (TPSA) is 0 Å². The normalized spacial score (nSPS) is 18.2. The summed E-state index contributed by atoms with van der Waals surface area (Å²) in [5.41, 5.74) is 0. The first-order valence-electron chi connectivity index (χ1n) is 6.52. The van der Waals surface area contributed by atoms with Crippen molar-refractivity contribution in [1.82, 2.24) is 0 Å². The fraction of sp³-hybridized carbons (Fsp3) is 1.00. The summed E-state index contributed by atoms with van der Waals surface area (Å²) in [6.07, 6.45) is 5.50. The number of hydrogen-bond donors (Lipinski definition) is 0. The van der Waals surface area contributed by atoms with E-state index in [-0.39, 0.29) is 0 Å². The Morgan fingerprint density at radius 1 is 0.857 bits per heavy atom. The molecule has 0 nitrogen and oxygen atoms in total. The Morgan fingerprint density at radius 2 is 1.43 bits per heavy atom. The minimum absolute atomic E-state index is 0.855. The molecular formula is C14H30. The summed E-state index contributed by atoms with van der Waals surface area (Å²) >= 11 is 0. The first-order valence-corrected chi connectivity index (χ1v) is 6.52. The Balaban J connectivity index is 4.22. The molecule has 0 heteroatoms. The van der Waals surface area contributed by atoms with Gasteiger partial charge in [-0.15, -0.1) is 0 Å². The first kappa shape index (κ1) is 14.0. The fourth-order valence-corrected chi connectivity index (χ4v) is 2.54. The first-order chi connectivity index (χ1) is 6.52. The molecule has 0 aromatic rings. The van der Waals surface area contributed by atoms with Crippen molar-refractivity contribution in [1.29, 1.82) is 0 Å². The van der Waals surface area contributed by atoms with E-state index in [1.807, 2.05) is 0 Å². The summed E-state index contributed by atoms with van der Waals surface area (Å²) in [6.45, 7) is 14.2. The van der Waals surface area contributed by atoms with Gasteiger partial charge in [-0.25, -0.2) is 0 Å². The lowest BCUT2D eigenvalue weighted by molar-refractivity contribution is 0.200. The molecule has 3 unspecified atom stereocenters. The molecule has 0 aromatic carbocycles. The van der Waals surface area contributed by atoms with Crippen molar-refractivity contribution in [2.75, 3.05) is 0 Å². The molecule has 0 fully saturated rings. The molecule has 0 aliphatic heterocycles. The van der Waals surface area contributed by atoms with Gasteiger partial charge in [0.2, 0.25) is 0 Å². The summed E-state index contributed by atoms with van der Waals surface area (Å²) in [5, 5.41) is 0. The molecule has 3 atom stereocenters. The zero-order valence-electron chi connectivity index (χ0n) is 11.1. The smallest absolute Gasteiger partial charge is 0.0360 e. The largest absolute Gasteiger partial charge is 0.0654 e. The molecule has 0 aliphatic rings. The monoisotopic (exact) mass is 198 g/mol. The average molecular weight is 198 g/mol. The van der Waals surface area contributed by atoms with Gasteiger partial charge in [0.1, 0.15) is 0 Å². The summed E-state index contributed by atoms with van der Waals surface area (Å²) in [5.74, 6) is 3.62. The van der Waals surface area contributed by atoms with Crippen LogP contribution in [-0.2, 0) is 0 Å². The molecule has 0 rings (SSSR count). The van der Waals surface area contributed by atoms with Gasteiger partial charge in [0, 0.05) is 0 Å². The third kappa shape index (κ3) is 5.02. The molecule has 14 heavy (non-hydrogen) atoms. The Bertz CT molecular complexity index is 126. The summed E-state index contributed by atoms with van der Waals surface area (Å²) in [7, 11) is 0. The highest BCUT2D eigenvalue weighted by atomic mass is 14.3. The number of hydrogen-bond acceptors (Lipinski definition) is 0. The van der Waals surface area contributed by atoms with Gasteiger partial charge in [-0.05, 0) is 30.1 Å². The maximum Gasteiger partial charge on any atom is -0.0360 e. The van der Waals surface area contributed by atoms with Crippen LogP contribution in [0.1, 0.15) is 67.2 Å². The minimum Gasteiger partial charge on any atom is -0.0654 e. The van der Waals surface area contributed by atoms with E-state index in [0.717, 1.165) is 23.7 Å². The highest BCUT2D eigenvalue weighted by Gasteiger charge is 2.22. The fourth-order valence-electron chi connectivity index (χ4n) is 2.54. The Hall–Kier alpha value is 0. The van der Waals surface area contributed by atoms with Crippen LogP contribution in [-0.4, -0.2) is 0 Å². The molecular weight excluding hydrogens is 168 g/mol. The van der Waals surface area contributed by atoms with E-state index in [9.17, 15) is 0 Å². The molecule has 0 saturated heterocycles. The van der Waals surface area contributed by atoms with Crippen LogP contribution in [0.5, 0.6) is 0 Å². The van der Waals surface area contributed by atoms with Crippen molar-refractivity contribution in [3.63, 3.8) is 0 Å². The number of rotatable bonds is 7. The van der Waals surface area contributed by atoms with Gasteiger partial charge >= 0.3 is 0 Å². The molecule has 0 amide bonds.